The second kappa shape index (κ2) is 9.05. The lowest BCUT2D eigenvalue weighted by molar-refractivity contribution is -0.892. The Bertz CT molecular complexity index is 697. The fraction of sp³-hybridized carbons (Fsp3) is 0.450. The summed E-state index contributed by atoms with van der Waals surface area (Å²) >= 11 is 1.68. The first-order valence-electron chi connectivity index (χ1n) is 9.30. The van der Waals surface area contributed by atoms with Crippen LogP contribution in [0.15, 0.2) is 41.8 Å². The summed E-state index contributed by atoms with van der Waals surface area (Å²) in [6.45, 7) is 9.06. The lowest BCUT2D eigenvalue weighted by Crippen LogP contribution is -3.15. The molecule has 140 valence electrons. The number of carbonyl (C=O) groups excluding carboxylic acids is 1. The van der Waals surface area contributed by atoms with Gasteiger partial charge in [0.15, 0.2) is 6.54 Å². The van der Waals surface area contributed by atoms with Crippen molar-refractivity contribution in [2.75, 3.05) is 44.2 Å². The molecule has 1 aliphatic heterocycles. The number of para-hydroxylation sites is 2. The van der Waals surface area contributed by atoms with Crippen molar-refractivity contribution in [2.45, 2.75) is 19.9 Å². The van der Waals surface area contributed by atoms with Gasteiger partial charge in [-0.2, -0.15) is 0 Å². The van der Waals surface area contributed by atoms with E-state index in [9.17, 15) is 4.79 Å². The van der Waals surface area contributed by atoms with Crippen LogP contribution < -0.4 is 19.9 Å². The van der Waals surface area contributed by atoms with Crippen molar-refractivity contribution in [3.63, 3.8) is 0 Å². The minimum Gasteiger partial charge on any atom is -0.492 e. The number of carbonyl (C=O) groups is 1. The molecule has 1 atom stereocenters. The summed E-state index contributed by atoms with van der Waals surface area (Å²) in [6, 6.07) is 12.4. The molecule has 1 aliphatic rings. The molecular weight excluding hydrogens is 346 g/mol. The Morgan fingerprint density at radius 1 is 1.27 bits per heavy atom. The van der Waals surface area contributed by atoms with E-state index in [0.717, 1.165) is 37.6 Å². The average molecular weight is 375 g/mol. The van der Waals surface area contributed by atoms with Crippen molar-refractivity contribution < 1.29 is 14.4 Å². The predicted molar refractivity (Wildman–Crippen MR) is 106 cm³/mol. The Balaban J connectivity index is 1.49. The smallest absolute Gasteiger partial charge is 0.275 e. The number of rotatable bonds is 7. The van der Waals surface area contributed by atoms with Gasteiger partial charge < -0.3 is 19.9 Å². The maximum Gasteiger partial charge on any atom is 0.275 e. The van der Waals surface area contributed by atoms with E-state index in [1.807, 2.05) is 37.4 Å². The van der Waals surface area contributed by atoms with Crippen LogP contribution in [0.4, 0.5) is 5.69 Å². The first kappa shape index (κ1) is 18.7. The third-order valence-electron chi connectivity index (χ3n) is 4.73. The Labute approximate surface area is 159 Å². The third-order valence-corrected chi connectivity index (χ3v) is 5.79. The highest BCUT2D eigenvalue weighted by Crippen LogP contribution is 2.27. The fourth-order valence-electron chi connectivity index (χ4n) is 3.36. The van der Waals surface area contributed by atoms with Crippen LogP contribution in [0.1, 0.15) is 24.8 Å². The molecule has 2 N–H and O–H groups in total. The lowest BCUT2D eigenvalue weighted by atomic mass is 10.2. The van der Waals surface area contributed by atoms with E-state index < -0.39 is 0 Å². The molecule has 1 amide bonds. The minimum absolute atomic E-state index is 0.0845. The van der Waals surface area contributed by atoms with Gasteiger partial charge in [0.2, 0.25) is 0 Å². The number of piperazine rings is 1. The van der Waals surface area contributed by atoms with Crippen LogP contribution in [0.25, 0.3) is 0 Å². The first-order valence-corrected chi connectivity index (χ1v) is 10.2. The Hall–Kier alpha value is -2.05. The highest BCUT2D eigenvalue weighted by molar-refractivity contribution is 7.10. The molecule has 1 saturated heterocycles. The number of thiophene rings is 1. The van der Waals surface area contributed by atoms with E-state index in [0.29, 0.717) is 13.2 Å². The van der Waals surface area contributed by atoms with Gasteiger partial charge in [0, 0.05) is 4.88 Å². The quantitative estimate of drug-likeness (QED) is 0.776. The van der Waals surface area contributed by atoms with Crippen molar-refractivity contribution in [1.29, 1.82) is 0 Å². The van der Waals surface area contributed by atoms with Crippen LogP contribution in [-0.4, -0.2) is 45.2 Å². The molecule has 2 heterocycles. The van der Waals surface area contributed by atoms with Gasteiger partial charge in [-0.05, 0) is 37.4 Å². The van der Waals surface area contributed by atoms with Gasteiger partial charge in [-0.15, -0.1) is 11.3 Å². The molecule has 0 bridgehead atoms. The van der Waals surface area contributed by atoms with Crippen molar-refractivity contribution in [2.24, 2.45) is 0 Å². The molecule has 0 unspecified atom stereocenters. The summed E-state index contributed by atoms with van der Waals surface area (Å²) < 4.78 is 5.75. The average Bonchev–Trinajstić information content (AvgIpc) is 3.18. The number of anilines is 1. The first-order chi connectivity index (χ1) is 12.7. The normalized spacial score (nSPS) is 16.3. The standard InChI is InChI=1S/C20H27N3O2S/c1-3-25-18-8-5-4-7-17(18)23-12-10-22(11-13-23)15-20(24)21-16(2)19-9-6-14-26-19/h4-9,14,16H,3,10-13,15H2,1-2H3,(H,21,24)/p+1/t16-/m0/s1. The Kier molecular flexibility index (Phi) is 6.52. The number of nitrogens with one attached hydrogen (secondary N) is 2. The SMILES string of the molecule is CCOc1ccccc1N1CC[NH+](CC(=O)N[C@@H](C)c2cccs2)CC1. The largest absolute Gasteiger partial charge is 0.492 e. The fourth-order valence-corrected chi connectivity index (χ4v) is 4.10. The highest BCUT2D eigenvalue weighted by Gasteiger charge is 2.24. The molecule has 1 fully saturated rings. The van der Waals surface area contributed by atoms with Crippen LogP contribution in [0.2, 0.25) is 0 Å². The second-order valence-electron chi connectivity index (χ2n) is 6.62. The summed E-state index contributed by atoms with van der Waals surface area (Å²) in [4.78, 5) is 17.2. The minimum atomic E-state index is 0.0845. The van der Waals surface area contributed by atoms with E-state index in [2.05, 4.69) is 28.4 Å². The molecule has 1 aromatic heterocycles. The molecule has 1 aromatic carbocycles. The molecule has 0 saturated carbocycles. The zero-order valence-corrected chi connectivity index (χ0v) is 16.3. The van der Waals surface area contributed by atoms with E-state index >= 15 is 0 Å². The molecule has 5 nitrogen and oxygen atoms in total. The van der Waals surface area contributed by atoms with Gasteiger partial charge in [-0.25, -0.2) is 0 Å². The van der Waals surface area contributed by atoms with E-state index in [4.69, 9.17) is 4.74 Å². The molecule has 0 spiro atoms. The zero-order chi connectivity index (χ0) is 18.4. The van der Waals surface area contributed by atoms with Crippen molar-refractivity contribution in [3.8, 4) is 5.75 Å². The van der Waals surface area contributed by atoms with Crippen LogP contribution in [-0.2, 0) is 4.79 Å². The zero-order valence-electron chi connectivity index (χ0n) is 15.5. The van der Waals surface area contributed by atoms with Gasteiger partial charge in [0.25, 0.3) is 5.91 Å². The monoisotopic (exact) mass is 374 g/mol. The highest BCUT2D eigenvalue weighted by atomic mass is 32.1. The summed E-state index contributed by atoms with van der Waals surface area (Å²) in [5.74, 6) is 1.07. The third kappa shape index (κ3) is 4.77. The van der Waals surface area contributed by atoms with Crippen molar-refractivity contribution >= 4 is 22.9 Å². The Morgan fingerprint density at radius 2 is 2.04 bits per heavy atom. The van der Waals surface area contributed by atoms with Crippen LogP contribution >= 0.6 is 11.3 Å². The van der Waals surface area contributed by atoms with Gasteiger partial charge in [-0.1, -0.05) is 18.2 Å². The molecule has 3 rings (SSSR count). The van der Waals surface area contributed by atoms with Crippen LogP contribution in [0.5, 0.6) is 5.75 Å². The van der Waals surface area contributed by atoms with E-state index in [1.54, 1.807) is 11.3 Å². The molecule has 0 aliphatic carbocycles. The van der Waals surface area contributed by atoms with Gasteiger partial charge in [-0.3, -0.25) is 4.79 Å². The molecule has 6 heteroatoms. The number of quaternary nitrogens is 1. The summed E-state index contributed by atoms with van der Waals surface area (Å²) in [7, 11) is 0. The molecule has 26 heavy (non-hydrogen) atoms. The number of benzene rings is 1. The summed E-state index contributed by atoms with van der Waals surface area (Å²) in [6.07, 6.45) is 0. The number of nitrogens with zero attached hydrogens (tertiary/aromatic N) is 1. The predicted octanol–water partition coefficient (Wildman–Crippen LogP) is 1.73. The van der Waals surface area contributed by atoms with E-state index in [1.165, 1.54) is 9.78 Å². The maximum atomic E-state index is 12.3. The van der Waals surface area contributed by atoms with Gasteiger partial charge in [0.1, 0.15) is 5.75 Å². The number of ether oxygens (including phenoxy) is 1. The lowest BCUT2D eigenvalue weighted by Gasteiger charge is -2.34. The van der Waals surface area contributed by atoms with Crippen molar-refractivity contribution in [3.05, 3.63) is 46.7 Å². The number of hydrogen-bond acceptors (Lipinski definition) is 4. The van der Waals surface area contributed by atoms with Crippen LogP contribution in [0, 0.1) is 0 Å². The van der Waals surface area contributed by atoms with Crippen LogP contribution in [0.3, 0.4) is 0 Å². The summed E-state index contributed by atoms with van der Waals surface area (Å²) in [5.41, 5.74) is 1.16. The van der Waals surface area contributed by atoms with Gasteiger partial charge in [0.05, 0.1) is 44.5 Å². The molecule has 2 aromatic rings. The maximum absolute atomic E-state index is 12.3. The molecular formula is C20H28N3O2S+. The summed E-state index contributed by atoms with van der Waals surface area (Å²) in [5, 5.41) is 5.16. The second-order valence-corrected chi connectivity index (χ2v) is 7.60. The van der Waals surface area contributed by atoms with Crippen molar-refractivity contribution in [1.82, 2.24) is 5.32 Å². The van der Waals surface area contributed by atoms with E-state index in [-0.39, 0.29) is 11.9 Å². The van der Waals surface area contributed by atoms with Gasteiger partial charge >= 0.3 is 0 Å². The topological polar surface area (TPSA) is 46.0 Å². The molecule has 0 radical (unpaired) electrons. The number of amides is 1. The number of hydrogen-bond donors (Lipinski definition) is 2. The Morgan fingerprint density at radius 3 is 2.73 bits per heavy atom.